The molecule has 0 fully saturated rings. The molecule has 0 atom stereocenters. The second-order valence-corrected chi connectivity index (χ2v) is 5.35. The van der Waals surface area contributed by atoms with Gasteiger partial charge in [0.05, 0.1) is 11.1 Å². The fourth-order valence-electron chi connectivity index (χ4n) is 1.99. The van der Waals surface area contributed by atoms with Crippen molar-refractivity contribution >= 4 is 29.4 Å². The molecule has 140 valence electrons. The zero-order valence-corrected chi connectivity index (χ0v) is 13.9. The maximum atomic E-state index is 12.8. The van der Waals surface area contributed by atoms with Gasteiger partial charge in [0.1, 0.15) is 5.82 Å². The molecular formula is C17H15FN4O5. The molecule has 3 N–H and O–H groups in total. The number of nitro groups is 1. The van der Waals surface area contributed by atoms with Crippen LogP contribution in [0.15, 0.2) is 47.6 Å². The minimum absolute atomic E-state index is 0.108. The van der Waals surface area contributed by atoms with Crippen LogP contribution in [0.25, 0.3) is 0 Å². The predicted octanol–water partition coefficient (Wildman–Crippen LogP) is 2.31. The summed E-state index contributed by atoms with van der Waals surface area (Å²) in [5.74, 6) is -1.86. The smallest absolute Gasteiger partial charge is 0.311 e. The van der Waals surface area contributed by atoms with Gasteiger partial charge < -0.3 is 10.4 Å². The lowest BCUT2D eigenvalue weighted by atomic mass is 10.2. The Morgan fingerprint density at radius 3 is 2.48 bits per heavy atom. The van der Waals surface area contributed by atoms with Crippen LogP contribution in [0.1, 0.15) is 18.4 Å². The van der Waals surface area contributed by atoms with Crippen LogP contribution < -0.4 is 10.7 Å². The van der Waals surface area contributed by atoms with Gasteiger partial charge in [0.2, 0.25) is 11.8 Å². The Morgan fingerprint density at radius 2 is 1.81 bits per heavy atom. The molecule has 2 aromatic carbocycles. The van der Waals surface area contributed by atoms with Crippen LogP contribution in [0.4, 0.5) is 15.8 Å². The standard InChI is InChI=1S/C17H15FN4O5/c18-12-2-4-13(5-3-12)20-16(24)7-8-17(25)21-19-10-11-1-6-15(23)14(9-11)22(26)27/h1-6,9-10,23H,7-8H2,(H,20,24)(H,21,25)/b19-10+. The Morgan fingerprint density at radius 1 is 1.15 bits per heavy atom. The highest BCUT2D eigenvalue weighted by Crippen LogP contribution is 2.25. The maximum Gasteiger partial charge on any atom is 0.311 e. The van der Waals surface area contributed by atoms with Gasteiger partial charge in [0.15, 0.2) is 5.75 Å². The number of phenolic OH excluding ortho intramolecular Hbond substituents is 1. The highest BCUT2D eigenvalue weighted by atomic mass is 19.1. The van der Waals surface area contributed by atoms with E-state index in [4.69, 9.17) is 0 Å². The molecule has 0 saturated heterocycles. The second kappa shape index (κ2) is 9.04. The molecule has 10 heteroatoms. The first-order valence-electron chi connectivity index (χ1n) is 7.70. The Bertz CT molecular complexity index is 883. The van der Waals surface area contributed by atoms with Crippen molar-refractivity contribution in [2.24, 2.45) is 5.10 Å². The van der Waals surface area contributed by atoms with E-state index < -0.39 is 34.0 Å². The van der Waals surface area contributed by atoms with Gasteiger partial charge in [-0.15, -0.1) is 0 Å². The van der Waals surface area contributed by atoms with Crippen molar-refractivity contribution in [1.82, 2.24) is 5.43 Å². The number of anilines is 1. The zero-order chi connectivity index (χ0) is 19.8. The van der Waals surface area contributed by atoms with Crippen LogP contribution in [0.2, 0.25) is 0 Å². The maximum absolute atomic E-state index is 12.8. The number of hydrogen-bond acceptors (Lipinski definition) is 6. The molecule has 27 heavy (non-hydrogen) atoms. The largest absolute Gasteiger partial charge is 0.502 e. The average molecular weight is 374 g/mol. The molecule has 0 radical (unpaired) electrons. The Hall–Kier alpha value is -3.82. The summed E-state index contributed by atoms with van der Waals surface area (Å²) in [6.07, 6.45) is 0.923. The van der Waals surface area contributed by atoms with Gasteiger partial charge in [0, 0.05) is 30.2 Å². The topological polar surface area (TPSA) is 134 Å². The van der Waals surface area contributed by atoms with Crippen molar-refractivity contribution in [2.45, 2.75) is 12.8 Å². The zero-order valence-electron chi connectivity index (χ0n) is 13.9. The number of amides is 2. The van der Waals surface area contributed by atoms with Gasteiger partial charge in [0.25, 0.3) is 0 Å². The van der Waals surface area contributed by atoms with E-state index in [9.17, 15) is 29.2 Å². The third-order valence-corrected chi connectivity index (χ3v) is 3.31. The van der Waals surface area contributed by atoms with E-state index in [2.05, 4.69) is 15.8 Å². The Balaban J connectivity index is 1.79. The van der Waals surface area contributed by atoms with E-state index >= 15 is 0 Å². The summed E-state index contributed by atoms with van der Waals surface area (Å²) in [5.41, 5.74) is 2.42. The number of halogens is 1. The number of carbonyl (C=O) groups excluding carboxylic acids is 2. The van der Waals surface area contributed by atoms with E-state index in [-0.39, 0.29) is 12.8 Å². The number of carbonyl (C=O) groups is 2. The summed E-state index contributed by atoms with van der Waals surface area (Å²) < 4.78 is 12.8. The fourth-order valence-corrected chi connectivity index (χ4v) is 1.99. The lowest BCUT2D eigenvalue weighted by Crippen LogP contribution is -2.20. The number of nitro benzene ring substituents is 1. The highest BCUT2D eigenvalue weighted by Gasteiger charge is 2.12. The molecule has 0 heterocycles. The minimum atomic E-state index is -0.745. The average Bonchev–Trinajstić information content (AvgIpc) is 2.63. The van der Waals surface area contributed by atoms with Crippen molar-refractivity contribution in [3.8, 4) is 5.75 Å². The number of hydrogen-bond donors (Lipinski definition) is 3. The lowest BCUT2D eigenvalue weighted by molar-refractivity contribution is -0.385. The molecule has 0 spiro atoms. The van der Waals surface area contributed by atoms with Gasteiger partial charge in [-0.25, -0.2) is 9.82 Å². The van der Waals surface area contributed by atoms with Crippen molar-refractivity contribution in [3.05, 3.63) is 64.0 Å². The van der Waals surface area contributed by atoms with E-state index in [1.807, 2.05) is 0 Å². The monoisotopic (exact) mass is 374 g/mol. The lowest BCUT2D eigenvalue weighted by Gasteiger charge is -2.04. The van der Waals surface area contributed by atoms with Gasteiger partial charge in [-0.3, -0.25) is 19.7 Å². The molecule has 2 aromatic rings. The Labute approximate surface area is 152 Å². The summed E-state index contributed by atoms with van der Waals surface area (Å²) in [4.78, 5) is 33.4. The van der Waals surface area contributed by atoms with Gasteiger partial charge in [-0.1, -0.05) is 0 Å². The summed E-state index contributed by atoms with van der Waals surface area (Å²) in [5, 5.41) is 26.2. The first-order chi connectivity index (χ1) is 12.8. The first kappa shape index (κ1) is 19.5. The van der Waals surface area contributed by atoms with Crippen LogP contribution in [0.5, 0.6) is 5.75 Å². The summed E-state index contributed by atoms with van der Waals surface area (Å²) in [7, 11) is 0. The third-order valence-electron chi connectivity index (χ3n) is 3.31. The predicted molar refractivity (Wildman–Crippen MR) is 94.8 cm³/mol. The SMILES string of the molecule is O=C(CCC(=O)Nc1ccc(F)cc1)N/N=C/c1ccc(O)c([N+](=O)[O-])c1. The molecule has 2 amide bonds. The Kier molecular flexibility index (Phi) is 6.53. The van der Waals surface area contributed by atoms with Crippen molar-refractivity contribution in [3.63, 3.8) is 0 Å². The summed E-state index contributed by atoms with van der Waals surface area (Å²) in [6, 6.07) is 8.81. The van der Waals surface area contributed by atoms with E-state index in [0.29, 0.717) is 11.3 Å². The fraction of sp³-hybridized carbons (Fsp3) is 0.118. The molecule has 0 unspecified atom stereocenters. The quantitative estimate of drug-likeness (QED) is 0.388. The van der Waals surface area contributed by atoms with E-state index in [1.165, 1.54) is 36.5 Å². The van der Waals surface area contributed by atoms with Crippen LogP contribution in [-0.2, 0) is 9.59 Å². The van der Waals surface area contributed by atoms with Crippen LogP contribution in [0, 0.1) is 15.9 Å². The van der Waals surface area contributed by atoms with Crippen molar-refractivity contribution in [2.75, 3.05) is 5.32 Å². The number of phenols is 1. The van der Waals surface area contributed by atoms with E-state index in [0.717, 1.165) is 12.1 Å². The van der Waals surface area contributed by atoms with Crippen molar-refractivity contribution < 1.29 is 24.0 Å². The molecule has 0 aliphatic heterocycles. The van der Waals surface area contributed by atoms with Crippen LogP contribution in [-0.4, -0.2) is 28.1 Å². The number of nitrogens with zero attached hydrogens (tertiary/aromatic N) is 2. The number of aromatic hydroxyl groups is 1. The molecule has 2 rings (SSSR count). The molecule has 0 aliphatic rings. The van der Waals surface area contributed by atoms with Crippen molar-refractivity contribution in [1.29, 1.82) is 0 Å². The van der Waals surface area contributed by atoms with Crippen LogP contribution >= 0.6 is 0 Å². The summed E-state index contributed by atoms with van der Waals surface area (Å²) >= 11 is 0. The van der Waals surface area contributed by atoms with E-state index in [1.54, 1.807) is 0 Å². The molecule has 0 aliphatic carbocycles. The number of benzene rings is 2. The molecule has 0 bridgehead atoms. The molecular weight excluding hydrogens is 359 g/mol. The third kappa shape index (κ3) is 6.20. The van der Waals surface area contributed by atoms with Crippen LogP contribution in [0.3, 0.4) is 0 Å². The number of nitrogens with one attached hydrogen (secondary N) is 2. The van der Waals surface area contributed by atoms with Gasteiger partial charge in [-0.2, -0.15) is 5.10 Å². The normalized spacial score (nSPS) is 10.6. The number of rotatable bonds is 7. The van der Waals surface area contributed by atoms with Gasteiger partial charge >= 0.3 is 5.69 Å². The molecule has 0 saturated carbocycles. The minimum Gasteiger partial charge on any atom is -0.502 e. The highest BCUT2D eigenvalue weighted by molar-refractivity contribution is 5.93. The molecule has 0 aromatic heterocycles. The number of hydrazone groups is 1. The van der Waals surface area contributed by atoms with Gasteiger partial charge in [-0.05, 0) is 36.4 Å². The second-order valence-electron chi connectivity index (χ2n) is 5.35. The molecule has 9 nitrogen and oxygen atoms in total. The first-order valence-corrected chi connectivity index (χ1v) is 7.70. The summed E-state index contributed by atoms with van der Waals surface area (Å²) in [6.45, 7) is 0.